The second-order valence-corrected chi connectivity index (χ2v) is 8.74. The van der Waals surface area contributed by atoms with E-state index in [4.69, 9.17) is 10.5 Å². The molecule has 2 heterocycles. The largest absolute Gasteiger partial charge is 0.376 e. The number of benzene rings is 2. The van der Waals surface area contributed by atoms with Crippen molar-refractivity contribution in [2.24, 2.45) is 5.73 Å². The number of ether oxygens (including phenoxy) is 1. The zero-order valence-corrected chi connectivity index (χ0v) is 18.4. The van der Waals surface area contributed by atoms with Crippen molar-refractivity contribution in [3.8, 4) is 11.1 Å². The van der Waals surface area contributed by atoms with Crippen LogP contribution in [0.2, 0.25) is 0 Å². The molecular formula is C24H30N4OS. The van der Waals surface area contributed by atoms with Crippen LogP contribution in [0, 0.1) is 0 Å². The monoisotopic (exact) mass is 422 g/mol. The Morgan fingerprint density at radius 3 is 2.70 bits per heavy atom. The van der Waals surface area contributed by atoms with E-state index in [9.17, 15) is 0 Å². The molecule has 1 aliphatic heterocycles. The first-order valence-corrected chi connectivity index (χ1v) is 11.8. The van der Waals surface area contributed by atoms with Crippen LogP contribution in [0.4, 0.5) is 0 Å². The lowest BCUT2D eigenvalue weighted by Crippen LogP contribution is -2.22. The van der Waals surface area contributed by atoms with Gasteiger partial charge in [-0.05, 0) is 36.0 Å². The first-order valence-electron chi connectivity index (χ1n) is 10.8. The summed E-state index contributed by atoms with van der Waals surface area (Å²) in [5, 5.41) is 9.93. The van der Waals surface area contributed by atoms with Crippen LogP contribution < -0.4 is 5.73 Å². The summed E-state index contributed by atoms with van der Waals surface area (Å²) in [6, 6.07) is 19.0. The summed E-state index contributed by atoms with van der Waals surface area (Å²) >= 11 is 1.73. The highest BCUT2D eigenvalue weighted by atomic mass is 32.2. The van der Waals surface area contributed by atoms with Gasteiger partial charge in [0, 0.05) is 12.4 Å². The standard InChI is InChI=1S/C24H30N4OS/c1-2-9-22(25)23-26-27-24(28(23)16-20-13-8-15-29-20)30-17-19-12-6-7-14-21(19)18-10-4-3-5-11-18/h3-7,10-12,14,20,22H,2,8-9,13,15-17,25H2,1H3. The molecule has 2 aromatic carbocycles. The van der Waals surface area contributed by atoms with E-state index in [2.05, 4.69) is 76.3 Å². The van der Waals surface area contributed by atoms with E-state index >= 15 is 0 Å². The Bertz CT molecular complexity index is 937. The number of aromatic nitrogens is 3. The van der Waals surface area contributed by atoms with Gasteiger partial charge in [-0.15, -0.1) is 10.2 Å². The lowest BCUT2D eigenvalue weighted by molar-refractivity contribution is 0.0938. The van der Waals surface area contributed by atoms with E-state index in [1.54, 1.807) is 11.8 Å². The molecule has 6 heteroatoms. The Kier molecular flexibility index (Phi) is 7.20. The van der Waals surface area contributed by atoms with E-state index < -0.39 is 0 Å². The second-order valence-electron chi connectivity index (χ2n) is 7.79. The Labute approximate surface area is 183 Å². The highest BCUT2D eigenvalue weighted by Gasteiger charge is 2.23. The molecule has 0 radical (unpaired) electrons. The number of thioether (sulfide) groups is 1. The summed E-state index contributed by atoms with van der Waals surface area (Å²) in [7, 11) is 0. The van der Waals surface area contributed by atoms with E-state index in [0.29, 0.717) is 0 Å². The third-order valence-electron chi connectivity index (χ3n) is 5.55. The minimum atomic E-state index is -0.0881. The summed E-state index contributed by atoms with van der Waals surface area (Å²) in [5.41, 5.74) is 10.2. The predicted octanol–water partition coefficient (Wildman–Crippen LogP) is 5.22. The van der Waals surface area contributed by atoms with Crippen LogP contribution >= 0.6 is 11.8 Å². The highest BCUT2D eigenvalue weighted by Crippen LogP contribution is 2.31. The van der Waals surface area contributed by atoms with Crippen LogP contribution in [0.3, 0.4) is 0 Å². The van der Waals surface area contributed by atoms with Crippen molar-refractivity contribution in [2.45, 2.75) is 62.2 Å². The number of rotatable bonds is 9. The van der Waals surface area contributed by atoms with Gasteiger partial charge >= 0.3 is 0 Å². The van der Waals surface area contributed by atoms with Crippen molar-refractivity contribution < 1.29 is 4.74 Å². The van der Waals surface area contributed by atoms with Crippen molar-refractivity contribution in [2.75, 3.05) is 6.61 Å². The topological polar surface area (TPSA) is 66.0 Å². The van der Waals surface area contributed by atoms with E-state index in [1.807, 2.05) is 0 Å². The van der Waals surface area contributed by atoms with Crippen molar-refractivity contribution >= 4 is 11.8 Å². The number of nitrogens with zero attached hydrogens (tertiary/aromatic N) is 3. The molecule has 1 aromatic heterocycles. The molecule has 0 bridgehead atoms. The molecule has 158 valence electrons. The van der Waals surface area contributed by atoms with Crippen molar-refractivity contribution in [1.82, 2.24) is 14.8 Å². The van der Waals surface area contributed by atoms with Gasteiger partial charge < -0.3 is 15.0 Å². The van der Waals surface area contributed by atoms with Gasteiger partial charge in [-0.3, -0.25) is 0 Å². The minimum absolute atomic E-state index is 0.0881. The normalized spacial score (nSPS) is 17.3. The van der Waals surface area contributed by atoms with E-state index in [1.165, 1.54) is 16.7 Å². The van der Waals surface area contributed by atoms with Crippen molar-refractivity contribution in [1.29, 1.82) is 0 Å². The third-order valence-corrected chi connectivity index (χ3v) is 6.56. The minimum Gasteiger partial charge on any atom is -0.376 e. The molecule has 0 aliphatic carbocycles. The Hall–Kier alpha value is -2.15. The molecule has 4 rings (SSSR count). The van der Waals surface area contributed by atoms with Crippen LogP contribution in [-0.2, 0) is 17.0 Å². The van der Waals surface area contributed by atoms with Crippen molar-refractivity contribution in [3.05, 3.63) is 66.0 Å². The van der Waals surface area contributed by atoms with Gasteiger partial charge in [0.1, 0.15) is 0 Å². The Morgan fingerprint density at radius 1 is 1.13 bits per heavy atom. The summed E-state index contributed by atoms with van der Waals surface area (Å²) in [6.45, 7) is 3.77. The van der Waals surface area contributed by atoms with Crippen LogP contribution in [0.15, 0.2) is 59.8 Å². The maximum atomic E-state index is 6.43. The molecule has 0 saturated carbocycles. The molecule has 1 saturated heterocycles. The van der Waals surface area contributed by atoms with Crippen LogP contribution in [0.25, 0.3) is 11.1 Å². The van der Waals surface area contributed by atoms with Crippen LogP contribution in [-0.4, -0.2) is 27.5 Å². The maximum absolute atomic E-state index is 6.43. The van der Waals surface area contributed by atoms with Gasteiger partial charge in [0.2, 0.25) is 0 Å². The molecule has 2 N–H and O–H groups in total. The average Bonchev–Trinajstić information content (AvgIpc) is 3.44. The summed E-state index contributed by atoms with van der Waals surface area (Å²) < 4.78 is 8.09. The molecular weight excluding hydrogens is 392 g/mol. The summed E-state index contributed by atoms with van der Waals surface area (Å²) in [4.78, 5) is 0. The Balaban J connectivity index is 1.56. The zero-order chi connectivity index (χ0) is 20.8. The SMILES string of the molecule is CCCC(N)c1nnc(SCc2ccccc2-c2ccccc2)n1CC1CCCO1. The molecule has 1 fully saturated rings. The van der Waals surface area contributed by atoms with Crippen LogP contribution in [0.1, 0.15) is 50.0 Å². The first kappa shape index (κ1) is 21.1. The molecule has 0 spiro atoms. The molecule has 1 aliphatic rings. The van der Waals surface area contributed by atoms with Gasteiger partial charge in [-0.25, -0.2) is 0 Å². The second kappa shape index (κ2) is 10.2. The Morgan fingerprint density at radius 2 is 1.93 bits per heavy atom. The lowest BCUT2D eigenvalue weighted by atomic mass is 10.0. The highest BCUT2D eigenvalue weighted by molar-refractivity contribution is 7.98. The fourth-order valence-corrected chi connectivity index (χ4v) is 4.93. The number of nitrogens with two attached hydrogens (primary N) is 1. The molecule has 30 heavy (non-hydrogen) atoms. The maximum Gasteiger partial charge on any atom is 0.191 e. The average molecular weight is 423 g/mol. The van der Waals surface area contributed by atoms with Crippen LogP contribution in [0.5, 0.6) is 0 Å². The van der Waals surface area contributed by atoms with Gasteiger partial charge in [0.05, 0.1) is 18.7 Å². The van der Waals surface area contributed by atoms with Gasteiger partial charge in [0.15, 0.2) is 11.0 Å². The van der Waals surface area contributed by atoms with E-state index in [0.717, 1.165) is 55.6 Å². The van der Waals surface area contributed by atoms with Gasteiger partial charge in [0.25, 0.3) is 0 Å². The van der Waals surface area contributed by atoms with Gasteiger partial charge in [-0.1, -0.05) is 79.7 Å². The third kappa shape index (κ3) is 4.94. The number of hydrogen-bond donors (Lipinski definition) is 1. The first-order chi connectivity index (χ1) is 14.8. The predicted molar refractivity (Wildman–Crippen MR) is 122 cm³/mol. The summed E-state index contributed by atoms with van der Waals surface area (Å²) in [6.07, 6.45) is 4.37. The number of hydrogen-bond acceptors (Lipinski definition) is 5. The quantitative estimate of drug-likeness (QED) is 0.479. The van der Waals surface area contributed by atoms with Gasteiger partial charge in [-0.2, -0.15) is 0 Å². The summed E-state index contributed by atoms with van der Waals surface area (Å²) in [5.74, 6) is 1.71. The van der Waals surface area contributed by atoms with E-state index in [-0.39, 0.29) is 12.1 Å². The molecule has 5 nitrogen and oxygen atoms in total. The smallest absolute Gasteiger partial charge is 0.191 e. The molecule has 2 atom stereocenters. The lowest BCUT2D eigenvalue weighted by Gasteiger charge is -2.17. The molecule has 3 aromatic rings. The molecule has 0 amide bonds. The fraction of sp³-hybridized carbons (Fsp3) is 0.417. The zero-order valence-electron chi connectivity index (χ0n) is 17.5. The van der Waals surface area contributed by atoms with Crippen molar-refractivity contribution in [3.63, 3.8) is 0 Å². The molecule has 2 unspecified atom stereocenters. The fourth-order valence-electron chi connectivity index (χ4n) is 3.97.